The van der Waals surface area contributed by atoms with Gasteiger partial charge in [-0.3, -0.25) is 4.57 Å². The number of benzene rings is 6. The third-order valence-electron chi connectivity index (χ3n) is 11.1. The molecule has 4 aromatic heterocycles. The number of aromatic nitrogens is 4. The van der Waals surface area contributed by atoms with Crippen molar-refractivity contribution in [2.24, 2.45) is 0 Å². The Labute approximate surface area is 347 Å². The van der Waals surface area contributed by atoms with Gasteiger partial charge in [-0.2, -0.15) is 53.1 Å². The van der Waals surface area contributed by atoms with Crippen molar-refractivity contribution in [2.45, 2.75) is 58.8 Å². The van der Waals surface area contributed by atoms with Gasteiger partial charge in [-0.1, -0.05) is 120 Å². The third-order valence-corrected chi connectivity index (χ3v) is 11.1. The van der Waals surface area contributed by atoms with Crippen LogP contribution in [-0.2, 0) is 38.3 Å². The molecule has 0 fully saturated rings. The minimum Gasteiger partial charge on any atom is -0.456 e. The number of rotatable bonds is 5. The summed E-state index contributed by atoms with van der Waals surface area (Å²) in [5.74, 6) is 0.840. The topological polar surface area (TPSA) is 39.8 Å². The second-order valence-electron chi connectivity index (χ2n) is 17.0. The second kappa shape index (κ2) is 13.7. The molecule has 4 heterocycles. The van der Waals surface area contributed by atoms with Crippen LogP contribution in [0, 0.1) is 18.5 Å². The SMILES string of the molecule is CC(C)(C)c1ccc(-[n+]2[c-]n(-c3[c-]c(Cc4[c-]c5c(cc4)c4ccccc4n5-c4nccc5oc6ccccc6c45)cc(C(C)(C)C)c3)c3ccccc32)cc1.[Pt]. The Morgan fingerprint density at radius 2 is 1.33 bits per heavy atom. The van der Waals surface area contributed by atoms with Crippen LogP contribution in [0.3, 0.4) is 0 Å². The number of para-hydroxylation sites is 4. The van der Waals surface area contributed by atoms with E-state index in [1.165, 1.54) is 11.1 Å². The molecule has 0 bridgehead atoms. The predicted octanol–water partition coefficient (Wildman–Crippen LogP) is 11.9. The third kappa shape index (κ3) is 6.30. The molecule has 10 aromatic rings. The van der Waals surface area contributed by atoms with Crippen molar-refractivity contribution >= 4 is 54.8 Å². The number of furan rings is 1. The zero-order valence-electron chi connectivity index (χ0n) is 32.9. The molecule has 0 aliphatic rings. The summed E-state index contributed by atoms with van der Waals surface area (Å²) in [5, 5.41) is 4.35. The normalized spacial score (nSPS) is 12.3. The van der Waals surface area contributed by atoms with Gasteiger partial charge >= 0.3 is 0 Å². The molecule has 0 unspecified atom stereocenters. The first-order chi connectivity index (χ1) is 27.0. The zero-order valence-corrected chi connectivity index (χ0v) is 35.2. The molecule has 5 nitrogen and oxygen atoms in total. The summed E-state index contributed by atoms with van der Waals surface area (Å²) in [4.78, 5) is 5.00. The molecule has 0 atom stereocenters. The fraction of sp³-hybridized carbons (Fsp3) is 0.176. The van der Waals surface area contributed by atoms with Crippen LogP contribution in [0.2, 0.25) is 0 Å². The van der Waals surface area contributed by atoms with Gasteiger partial charge in [-0.15, -0.1) is 5.39 Å². The van der Waals surface area contributed by atoms with Crippen molar-refractivity contribution < 1.29 is 30.0 Å². The van der Waals surface area contributed by atoms with Crippen LogP contribution in [0.4, 0.5) is 0 Å². The largest absolute Gasteiger partial charge is 0.456 e. The number of pyridine rings is 1. The molecule has 6 aromatic carbocycles. The van der Waals surface area contributed by atoms with E-state index in [2.05, 4.69) is 183 Å². The molecule has 0 spiro atoms. The first-order valence-electron chi connectivity index (χ1n) is 19.4. The van der Waals surface area contributed by atoms with Gasteiger partial charge in [0.05, 0.1) is 22.1 Å². The Balaban J connectivity index is 0.00000422. The van der Waals surface area contributed by atoms with Crippen molar-refractivity contribution in [2.75, 3.05) is 0 Å². The zero-order chi connectivity index (χ0) is 38.3. The van der Waals surface area contributed by atoms with E-state index in [-0.39, 0.29) is 31.9 Å². The predicted molar refractivity (Wildman–Crippen MR) is 227 cm³/mol. The number of imidazole rings is 1. The van der Waals surface area contributed by atoms with Gasteiger partial charge in [0.1, 0.15) is 17.0 Å². The minimum atomic E-state index is -0.0852. The van der Waals surface area contributed by atoms with Gasteiger partial charge in [0, 0.05) is 38.2 Å². The molecule has 10 rings (SSSR count). The molecule has 0 radical (unpaired) electrons. The average molecular weight is 922 g/mol. The maximum absolute atomic E-state index is 6.30. The molecular formula is C51H42N4OPt-2. The van der Waals surface area contributed by atoms with E-state index < -0.39 is 0 Å². The summed E-state index contributed by atoms with van der Waals surface area (Å²) >= 11 is 0. The molecule has 0 aliphatic carbocycles. The van der Waals surface area contributed by atoms with Crippen LogP contribution in [0.25, 0.3) is 72.0 Å². The Hall–Kier alpha value is -5.77. The molecule has 284 valence electrons. The molecule has 0 aliphatic heterocycles. The molecule has 0 saturated heterocycles. The Kier molecular flexibility index (Phi) is 8.86. The molecule has 0 amide bonds. The minimum absolute atomic E-state index is 0. The van der Waals surface area contributed by atoms with Crippen LogP contribution in [0.5, 0.6) is 0 Å². The Morgan fingerprint density at radius 1 is 0.632 bits per heavy atom. The molecular weight excluding hydrogens is 880 g/mol. The van der Waals surface area contributed by atoms with Gasteiger partial charge < -0.3 is 13.6 Å². The summed E-state index contributed by atoms with van der Waals surface area (Å²) in [6.07, 6.45) is 6.22. The molecule has 6 heteroatoms. The Morgan fingerprint density at radius 3 is 2.11 bits per heavy atom. The van der Waals surface area contributed by atoms with E-state index in [9.17, 15) is 0 Å². The summed E-state index contributed by atoms with van der Waals surface area (Å²) in [7, 11) is 0. The Bertz CT molecular complexity index is 3130. The second-order valence-corrected chi connectivity index (χ2v) is 17.0. The van der Waals surface area contributed by atoms with Crippen molar-refractivity contribution in [1.29, 1.82) is 0 Å². The van der Waals surface area contributed by atoms with Gasteiger partial charge in [0.2, 0.25) is 0 Å². The molecule has 0 N–H and O–H groups in total. The number of hydrogen-bond acceptors (Lipinski definition) is 2. The smallest absolute Gasteiger partial charge is 0.268 e. The van der Waals surface area contributed by atoms with Gasteiger partial charge in [-0.25, -0.2) is 4.98 Å². The van der Waals surface area contributed by atoms with Crippen LogP contribution in [-0.4, -0.2) is 14.1 Å². The van der Waals surface area contributed by atoms with Crippen LogP contribution in [0.1, 0.15) is 63.8 Å². The average Bonchev–Trinajstić information content (AvgIpc) is 3.87. The summed E-state index contributed by atoms with van der Waals surface area (Å²) in [6.45, 7) is 13.6. The van der Waals surface area contributed by atoms with E-state index in [1.807, 2.05) is 24.4 Å². The van der Waals surface area contributed by atoms with Crippen molar-refractivity contribution in [3.05, 3.63) is 174 Å². The quantitative estimate of drug-likeness (QED) is 0.127. The number of nitrogens with zero attached hydrogens (tertiary/aromatic N) is 4. The van der Waals surface area contributed by atoms with Gasteiger partial charge in [0.25, 0.3) is 6.33 Å². The van der Waals surface area contributed by atoms with Gasteiger partial charge in [-0.05, 0) is 64.2 Å². The van der Waals surface area contributed by atoms with Crippen molar-refractivity contribution in [3.63, 3.8) is 0 Å². The van der Waals surface area contributed by atoms with Crippen molar-refractivity contribution in [3.8, 4) is 17.2 Å². The number of fused-ring (bicyclic) bond motifs is 7. The fourth-order valence-electron chi connectivity index (χ4n) is 8.09. The molecule has 0 saturated carbocycles. The molecule has 57 heavy (non-hydrogen) atoms. The number of hydrogen-bond donors (Lipinski definition) is 0. The van der Waals surface area contributed by atoms with Gasteiger partial charge in [0.15, 0.2) is 0 Å². The van der Waals surface area contributed by atoms with E-state index in [1.54, 1.807) is 0 Å². The summed E-state index contributed by atoms with van der Waals surface area (Å²) in [6, 6.07) is 52.8. The first kappa shape index (κ1) is 36.8. The maximum Gasteiger partial charge on any atom is 0.268 e. The van der Waals surface area contributed by atoms with E-state index in [0.29, 0.717) is 6.42 Å². The summed E-state index contributed by atoms with van der Waals surface area (Å²) < 4.78 is 12.9. The van der Waals surface area contributed by atoms with E-state index in [0.717, 1.165) is 83.1 Å². The van der Waals surface area contributed by atoms with Crippen molar-refractivity contribution in [1.82, 2.24) is 14.1 Å². The first-order valence-corrected chi connectivity index (χ1v) is 19.4. The van der Waals surface area contributed by atoms with Crippen LogP contribution < -0.4 is 4.57 Å². The standard InChI is InChI=1S/C51H42N4O.Pt/c1-50(2,3)35-20-22-37(23-21-35)53-32-54(44-17-11-10-16-43(44)53)38-29-34(28-36(31-38)51(4,5)6)27-33-19-24-40-39-13-7-9-15-42(39)55(45(40)30-33)49-48-41-14-8-12-18-46(41)56-47(48)25-26-52-49;/h7-26,28,31H,27H2,1-6H3;/q-2;. The fourth-order valence-corrected chi connectivity index (χ4v) is 8.09. The van der Waals surface area contributed by atoms with E-state index >= 15 is 0 Å². The summed E-state index contributed by atoms with van der Waals surface area (Å²) in [5.41, 5.74) is 12.7. The van der Waals surface area contributed by atoms with E-state index in [4.69, 9.17) is 9.40 Å². The monoisotopic (exact) mass is 921 g/mol. The van der Waals surface area contributed by atoms with Crippen LogP contribution >= 0.6 is 0 Å². The maximum atomic E-state index is 6.30. The van der Waals surface area contributed by atoms with Crippen LogP contribution in [0.15, 0.2) is 138 Å².